The van der Waals surface area contributed by atoms with Crippen molar-refractivity contribution < 1.29 is 13.9 Å². The van der Waals surface area contributed by atoms with Gasteiger partial charge < -0.3 is 15.4 Å². The highest BCUT2D eigenvalue weighted by Gasteiger charge is 2.25. The average Bonchev–Trinajstić information content (AvgIpc) is 2.40. The van der Waals surface area contributed by atoms with Crippen molar-refractivity contribution in [2.45, 2.75) is 26.9 Å². The highest BCUT2D eigenvalue weighted by atomic mass is 79.9. The molecule has 0 bridgehead atoms. The van der Waals surface area contributed by atoms with Crippen LogP contribution in [-0.4, -0.2) is 37.0 Å². The van der Waals surface area contributed by atoms with Gasteiger partial charge in [0, 0.05) is 13.6 Å². The highest BCUT2D eigenvalue weighted by molar-refractivity contribution is 9.10. The minimum atomic E-state index is -0.662. The number of hydrogen-bond acceptors (Lipinski definition) is 3. The summed E-state index contributed by atoms with van der Waals surface area (Å²) in [4.78, 5) is 13.9. The minimum absolute atomic E-state index is 0.146. The number of carbonyl (C=O) groups is 1. The predicted molar refractivity (Wildman–Crippen MR) is 84.7 cm³/mol. The van der Waals surface area contributed by atoms with Gasteiger partial charge in [0.1, 0.15) is 11.6 Å². The van der Waals surface area contributed by atoms with Gasteiger partial charge >= 0.3 is 0 Å². The Hall–Kier alpha value is -1.14. The number of amides is 1. The van der Waals surface area contributed by atoms with Crippen LogP contribution in [0.2, 0.25) is 0 Å². The summed E-state index contributed by atoms with van der Waals surface area (Å²) in [6.07, 6.45) is -0.662. The summed E-state index contributed by atoms with van der Waals surface area (Å²) in [5.41, 5.74) is 5.53. The third kappa shape index (κ3) is 5.28. The van der Waals surface area contributed by atoms with E-state index in [1.54, 1.807) is 18.9 Å². The van der Waals surface area contributed by atoms with E-state index in [4.69, 9.17) is 10.5 Å². The van der Waals surface area contributed by atoms with Crippen molar-refractivity contribution in [3.05, 3.63) is 28.5 Å². The molecule has 1 aromatic rings. The van der Waals surface area contributed by atoms with Crippen LogP contribution in [0.15, 0.2) is 22.7 Å². The van der Waals surface area contributed by atoms with Gasteiger partial charge in [0.05, 0.1) is 4.47 Å². The van der Waals surface area contributed by atoms with Crippen LogP contribution in [0.1, 0.15) is 20.8 Å². The van der Waals surface area contributed by atoms with Gasteiger partial charge in [-0.2, -0.15) is 0 Å². The van der Waals surface area contributed by atoms with E-state index in [-0.39, 0.29) is 17.1 Å². The van der Waals surface area contributed by atoms with E-state index in [0.29, 0.717) is 23.3 Å². The number of hydrogen-bond donors (Lipinski definition) is 1. The maximum absolute atomic E-state index is 13.0. The Labute approximate surface area is 133 Å². The molecule has 1 aromatic carbocycles. The van der Waals surface area contributed by atoms with Crippen molar-refractivity contribution in [2.24, 2.45) is 11.1 Å². The second-order valence-electron chi connectivity index (χ2n) is 5.90. The molecular formula is C15H22BrFN2O2. The lowest BCUT2D eigenvalue weighted by Gasteiger charge is -2.30. The second-order valence-corrected chi connectivity index (χ2v) is 6.75. The minimum Gasteiger partial charge on any atom is -0.480 e. The van der Waals surface area contributed by atoms with Gasteiger partial charge in [0.15, 0.2) is 6.10 Å². The molecule has 0 aromatic heterocycles. The molecule has 6 heteroatoms. The highest BCUT2D eigenvalue weighted by Crippen LogP contribution is 2.26. The Morgan fingerprint density at radius 1 is 1.52 bits per heavy atom. The molecule has 1 amide bonds. The zero-order valence-electron chi connectivity index (χ0n) is 12.8. The molecular weight excluding hydrogens is 339 g/mol. The molecule has 0 radical (unpaired) electrons. The molecule has 0 aliphatic rings. The first kappa shape index (κ1) is 17.9. The van der Waals surface area contributed by atoms with Crippen LogP contribution in [0.5, 0.6) is 5.75 Å². The Morgan fingerprint density at radius 3 is 2.67 bits per heavy atom. The summed E-state index contributed by atoms with van der Waals surface area (Å²) in [5, 5.41) is 0. The standard InChI is InChI=1S/C15H22BrFN2O2/c1-10(14(20)19(4)9-15(2,3)8-18)21-13-6-5-11(17)7-12(13)16/h5-7,10H,8-9,18H2,1-4H3. The molecule has 118 valence electrons. The summed E-state index contributed by atoms with van der Waals surface area (Å²) in [6, 6.07) is 4.08. The SMILES string of the molecule is CC(Oc1ccc(F)cc1Br)C(=O)N(C)CC(C)(C)CN. The number of carbonyl (C=O) groups excluding carboxylic acids is 1. The molecule has 0 aliphatic heterocycles. The Morgan fingerprint density at radius 2 is 2.14 bits per heavy atom. The van der Waals surface area contributed by atoms with Crippen molar-refractivity contribution in [1.82, 2.24) is 4.90 Å². The largest absolute Gasteiger partial charge is 0.480 e. The summed E-state index contributed by atoms with van der Waals surface area (Å²) in [6.45, 7) is 6.70. The van der Waals surface area contributed by atoms with E-state index in [2.05, 4.69) is 15.9 Å². The topological polar surface area (TPSA) is 55.6 Å². The molecule has 0 spiro atoms. The molecule has 1 unspecified atom stereocenters. The van der Waals surface area contributed by atoms with Crippen LogP contribution in [-0.2, 0) is 4.79 Å². The zero-order valence-corrected chi connectivity index (χ0v) is 14.4. The third-order valence-electron chi connectivity index (χ3n) is 3.14. The van der Waals surface area contributed by atoms with Gasteiger partial charge in [-0.25, -0.2) is 4.39 Å². The summed E-state index contributed by atoms with van der Waals surface area (Å²) >= 11 is 3.22. The van der Waals surface area contributed by atoms with Crippen molar-refractivity contribution in [3.8, 4) is 5.75 Å². The summed E-state index contributed by atoms with van der Waals surface area (Å²) in [5.74, 6) is -0.0773. The molecule has 0 fully saturated rings. The van der Waals surface area contributed by atoms with Gasteiger partial charge in [0.25, 0.3) is 5.91 Å². The predicted octanol–water partition coefficient (Wildman–Crippen LogP) is 2.80. The smallest absolute Gasteiger partial charge is 0.263 e. The van der Waals surface area contributed by atoms with Crippen LogP contribution < -0.4 is 10.5 Å². The lowest BCUT2D eigenvalue weighted by molar-refractivity contribution is -0.137. The third-order valence-corrected chi connectivity index (χ3v) is 3.76. The van der Waals surface area contributed by atoms with Crippen molar-refractivity contribution in [3.63, 3.8) is 0 Å². The maximum Gasteiger partial charge on any atom is 0.263 e. The second kappa shape index (κ2) is 7.22. The quantitative estimate of drug-likeness (QED) is 0.848. The number of halogens is 2. The molecule has 2 N–H and O–H groups in total. The average molecular weight is 361 g/mol. The van der Waals surface area contributed by atoms with E-state index in [9.17, 15) is 9.18 Å². The fourth-order valence-electron chi connectivity index (χ4n) is 1.91. The first-order valence-corrected chi connectivity index (χ1v) is 7.52. The molecule has 4 nitrogen and oxygen atoms in total. The molecule has 21 heavy (non-hydrogen) atoms. The number of ether oxygens (including phenoxy) is 1. The molecule has 0 saturated carbocycles. The number of nitrogens with two attached hydrogens (primary N) is 1. The monoisotopic (exact) mass is 360 g/mol. The molecule has 1 atom stereocenters. The van der Waals surface area contributed by atoms with Gasteiger partial charge in [-0.15, -0.1) is 0 Å². The molecule has 1 rings (SSSR count). The number of likely N-dealkylation sites (N-methyl/N-ethyl adjacent to an activating group) is 1. The van der Waals surface area contributed by atoms with E-state index in [1.165, 1.54) is 18.2 Å². The van der Waals surface area contributed by atoms with Crippen molar-refractivity contribution in [1.29, 1.82) is 0 Å². The number of benzene rings is 1. The fraction of sp³-hybridized carbons (Fsp3) is 0.533. The lowest BCUT2D eigenvalue weighted by atomic mass is 9.93. The van der Waals surface area contributed by atoms with Crippen LogP contribution in [0.25, 0.3) is 0 Å². The maximum atomic E-state index is 13.0. The normalized spacial score (nSPS) is 12.9. The summed E-state index contributed by atoms with van der Waals surface area (Å²) < 4.78 is 19.1. The van der Waals surface area contributed by atoms with E-state index < -0.39 is 6.10 Å². The van der Waals surface area contributed by atoms with Crippen LogP contribution in [0.3, 0.4) is 0 Å². The van der Waals surface area contributed by atoms with Crippen LogP contribution >= 0.6 is 15.9 Å². The number of nitrogens with zero attached hydrogens (tertiary/aromatic N) is 1. The molecule has 0 heterocycles. The fourth-order valence-corrected chi connectivity index (χ4v) is 2.35. The van der Waals surface area contributed by atoms with E-state index in [0.717, 1.165) is 0 Å². The first-order valence-electron chi connectivity index (χ1n) is 6.73. The van der Waals surface area contributed by atoms with Gasteiger partial charge in [-0.3, -0.25) is 4.79 Å². The Kier molecular flexibility index (Phi) is 6.16. The van der Waals surface area contributed by atoms with E-state index >= 15 is 0 Å². The van der Waals surface area contributed by atoms with Crippen molar-refractivity contribution in [2.75, 3.05) is 20.1 Å². The lowest BCUT2D eigenvalue weighted by Crippen LogP contribution is -2.44. The van der Waals surface area contributed by atoms with Crippen molar-refractivity contribution >= 4 is 21.8 Å². The molecule has 0 aliphatic carbocycles. The Balaban J connectivity index is 2.70. The zero-order chi connectivity index (χ0) is 16.2. The molecule has 0 saturated heterocycles. The van der Waals surface area contributed by atoms with E-state index in [1.807, 2.05) is 13.8 Å². The van der Waals surface area contributed by atoms with Gasteiger partial charge in [0.2, 0.25) is 0 Å². The Bertz CT molecular complexity index is 508. The van der Waals surface area contributed by atoms with Gasteiger partial charge in [-0.1, -0.05) is 13.8 Å². The number of rotatable bonds is 6. The van der Waals surface area contributed by atoms with Gasteiger partial charge in [-0.05, 0) is 53.0 Å². The summed E-state index contributed by atoms with van der Waals surface area (Å²) in [7, 11) is 1.72. The van der Waals surface area contributed by atoms with Crippen LogP contribution in [0.4, 0.5) is 4.39 Å². The first-order chi connectivity index (χ1) is 9.66. The van der Waals surface area contributed by atoms with Crippen LogP contribution in [0, 0.1) is 11.2 Å².